The van der Waals surface area contributed by atoms with Gasteiger partial charge >= 0.3 is 0 Å². The molecule has 1 saturated heterocycles. The summed E-state index contributed by atoms with van der Waals surface area (Å²) in [6, 6.07) is 0. The molecule has 1 amide bonds. The lowest BCUT2D eigenvalue weighted by atomic mass is 9.88. The van der Waals surface area contributed by atoms with Crippen LogP contribution >= 0.6 is 0 Å². The summed E-state index contributed by atoms with van der Waals surface area (Å²) in [6.07, 6.45) is 8.51. The molecule has 0 aromatic heterocycles. The normalized spacial score (nSPS) is 27.2. The van der Waals surface area contributed by atoms with Crippen LogP contribution in [0.25, 0.3) is 0 Å². The molecular formula is C19H36N2O3. The molecule has 0 spiro atoms. The van der Waals surface area contributed by atoms with E-state index in [1.54, 1.807) is 0 Å². The average Bonchev–Trinajstić information content (AvgIpc) is 2.60. The second-order valence-electron chi connectivity index (χ2n) is 7.46. The maximum Gasteiger partial charge on any atom is 0.251 e. The lowest BCUT2D eigenvalue weighted by Crippen LogP contribution is -2.47. The maximum atomic E-state index is 12.8. The second kappa shape index (κ2) is 10.4. The Morgan fingerprint density at radius 2 is 1.96 bits per heavy atom. The molecule has 5 heteroatoms. The third-order valence-electron chi connectivity index (χ3n) is 5.35. The fourth-order valence-electron chi connectivity index (χ4n) is 3.84. The average molecular weight is 341 g/mol. The maximum absolute atomic E-state index is 12.8. The Labute approximate surface area is 147 Å². The Hall–Kier alpha value is -0.650. The quantitative estimate of drug-likeness (QED) is 0.690. The minimum absolute atomic E-state index is 0.177. The van der Waals surface area contributed by atoms with Crippen molar-refractivity contribution in [2.24, 2.45) is 11.7 Å². The van der Waals surface area contributed by atoms with Gasteiger partial charge in [-0.1, -0.05) is 26.7 Å². The van der Waals surface area contributed by atoms with E-state index < -0.39 is 0 Å². The van der Waals surface area contributed by atoms with Gasteiger partial charge in [0.25, 0.3) is 5.91 Å². The zero-order chi connectivity index (χ0) is 17.4. The molecule has 3 atom stereocenters. The smallest absolute Gasteiger partial charge is 0.251 e. The fraction of sp³-hybridized carbons (Fsp3) is 0.947. The number of hydrogen-bond donors (Lipinski definition) is 1. The van der Waals surface area contributed by atoms with Gasteiger partial charge in [0.2, 0.25) is 0 Å². The number of likely N-dealkylation sites (tertiary alicyclic amines) is 1. The van der Waals surface area contributed by atoms with E-state index in [2.05, 4.69) is 13.8 Å². The molecule has 1 aliphatic carbocycles. The summed E-state index contributed by atoms with van der Waals surface area (Å²) in [6.45, 7) is 7.31. The summed E-state index contributed by atoms with van der Waals surface area (Å²) in [5.74, 6) is 0.897. The first-order valence-electron chi connectivity index (χ1n) is 9.90. The third-order valence-corrected chi connectivity index (χ3v) is 5.35. The van der Waals surface area contributed by atoms with Crippen LogP contribution < -0.4 is 5.73 Å². The van der Waals surface area contributed by atoms with Crippen LogP contribution in [0.5, 0.6) is 0 Å². The first-order valence-corrected chi connectivity index (χ1v) is 9.90. The van der Waals surface area contributed by atoms with Crippen LogP contribution in [0.2, 0.25) is 0 Å². The van der Waals surface area contributed by atoms with Crippen molar-refractivity contribution >= 4 is 5.91 Å². The molecule has 2 rings (SSSR count). The van der Waals surface area contributed by atoms with Gasteiger partial charge in [-0.25, -0.2) is 0 Å². The van der Waals surface area contributed by atoms with Gasteiger partial charge in [0, 0.05) is 19.7 Å². The van der Waals surface area contributed by atoms with E-state index in [0.29, 0.717) is 6.54 Å². The van der Waals surface area contributed by atoms with Crippen molar-refractivity contribution < 1.29 is 14.3 Å². The molecule has 1 aliphatic heterocycles. The molecule has 3 unspecified atom stereocenters. The van der Waals surface area contributed by atoms with Gasteiger partial charge in [-0.3, -0.25) is 4.79 Å². The van der Waals surface area contributed by atoms with Crippen LogP contribution in [0.1, 0.15) is 65.2 Å². The summed E-state index contributed by atoms with van der Waals surface area (Å²) in [5.41, 5.74) is 5.49. The van der Waals surface area contributed by atoms with E-state index >= 15 is 0 Å². The first-order chi connectivity index (χ1) is 11.6. The first kappa shape index (κ1) is 19.7. The van der Waals surface area contributed by atoms with Crippen LogP contribution in [0.15, 0.2) is 0 Å². The molecule has 0 radical (unpaired) electrons. The van der Waals surface area contributed by atoms with Crippen LogP contribution in [0.3, 0.4) is 0 Å². The molecule has 0 aromatic rings. The minimum atomic E-state index is -0.269. The third kappa shape index (κ3) is 6.01. The lowest BCUT2D eigenvalue weighted by Gasteiger charge is -2.36. The number of rotatable bonds is 8. The summed E-state index contributed by atoms with van der Waals surface area (Å²) >= 11 is 0. The Balaban J connectivity index is 1.75. The van der Waals surface area contributed by atoms with E-state index in [1.165, 1.54) is 12.8 Å². The highest BCUT2D eigenvalue weighted by atomic mass is 16.5. The molecule has 0 aromatic carbocycles. The van der Waals surface area contributed by atoms with Crippen molar-refractivity contribution in [2.45, 2.75) is 83.5 Å². The summed E-state index contributed by atoms with van der Waals surface area (Å²) in [7, 11) is 0. The number of hydrogen-bond acceptors (Lipinski definition) is 4. The highest BCUT2D eigenvalue weighted by molar-refractivity contribution is 5.81. The number of piperidine rings is 1. The monoisotopic (exact) mass is 340 g/mol. The van der Waals surface area contributed by atoms with E-state index in [1.807, 2.05) is 4.90 Å². The van der Waals surface area contributed by atoms with Crippen molar-refractivity contribution in [3.63, 3.8) is 0 Å². The number of nitrogens with two attached hydrogens (primary N) is 1. The van der Waals surface area contributed by atoms with E-state index in [0.717, 1.165) is 64.1 Å². The summed E-state index contributed by atoms with van der Waals surface area (Å²) < 4.78 is 12.0. The Kier molecular flexibility index (Phi) is 8.50. The number of carbonyl (C=O) groups excluding carboxylic acids is 1. The standard InChI is InChI=1S/C19H36N2O3/c1-3-18(24-17-7-4-6-15(2)14-17)19(22)21-11-8-16(9-12-21)23-13-5-10-20/h15-18H,3-14,20H2,1-2H3. The Morgan fingerprint density at radius 3 is 2.58 bits per heavy atom. The van der Waals surface area contributed by atoms with Gasteiger partial charge in [0.15, 0.2) is 0 Å². The topological polar surface area (TPSA) is 64.8 Å². The summed E-state index contributed by atoms with van der Waals surface area (Å²) in [4.78, 5) is 14.8. The molecule has 1 saturated carbocycles. The molecule has 24 heavy (non-hydrogen) atoms. The summed E-state index contributed by atoms with van der Waals surface area (Å²) in [5, 5.41) is 0. The van der Waals surface area contributed by atoms with Gasteiger partial charge in [0.05, 0.1) is 12.2 Å². The van der Waals surface area contributed by atoms with Crippen LogP contribution in [0, 0.1) is 5.92 Å². The fourth-order valence-corrected chi connectivity index (χ4v) is 3.84. The predicted molar refractivity (Wildman–Crippen MR) is 95.8 cm³/mol. The van der Waals surface area contributed by atoms with Crippen molar-refractivity contribution in [1.82, 2.24) is 4.90 Å². The van der Waals surface area contributed by atoms with Gasteiger partial charge < -0.3 is 20.1 Å². The predicted octanol–water partition coefficient (Wildman–Crippen LogP) is 2.72. The molecule has 2 N–H and O–H groups in total. The van der Waals surface area contributed by atoms with Gasteiger partial charge in [0.1, 0.15) is 6.10 Å². The zero-order valence-electron chi connectivity index (χ0n) is 15.5. The van der Waals surface area contributed by atoms with Crippen molar-refractivity contribution in [3.05, 3.63) is 0 Å². The molecule has 0 bridgehead atoms. The van der Waals surface area contributed by atoms with Crippen molar-refractivity contribution in [2.75, 3.05) is 26.2 Å². The number of nitrogens with zero attached hydrogens (tertiary/aromatic N) is 1. The largest absolute Gasteiger partial charge is 0.378 e. The molecule has 5 nitrogen and oxygen atoms in total. The highest BCUT2D eigenvalue weighted by Gasteiger charge is 2.31. The van der Waals surface area contributed by atoms with E-state index in [-0.39, 0.29) is 24.2 Å². The van der Waals surface area contributed by atoms with Gasteiger partial charge in [-0.15, -0.1) is 0 Å². The van der Waals surface area contributed by atoms with E-state index in [9.17, 15) is 4.79 Å². The van der Waals surface area contributed by atoms with Gasteiger partial charge in [-0.2, -0.15) is 0 Å². The molecule has 2 fully saturated rings. The highest BCUT2D eigenvalue weighted by Crippen LogP contribution is 2.27. The molecule has 2 aliphatic rings. The van der Waals surface area contributed by atoms with Crippen molar-refractivity contribution in [3.8, 4) is 0 Å². The van der Waals surface area contributed by atoms with Crippen LogP contribution in [-0.2, 0) is 14.3 Å². The Bertz CT molecular complexity index is 370. The van der Waals surface area contributed by atoms with Crippen molar-refractivity contribution in [1.29, 1.82) is 0 Å². The second-order valence-corrected chi connectivity index (χ2v) is 7.46. The zero-order valence-corrected chi connectivity index (χ0v) is 15.5. The minimum Gasteiger partial charge on any atom is -0.378 e. The lowest BCUT2D eigenvalue weighted by molar-refractivity contribution is -0.152. The van der Waals surface area contributed by atoms with Gasteiger partial charge in [-0.05, 0) is 51.0 Å². The van der Waals surface area contributed by atoms with Crippen LogP contribution in [-0.4, -0.2) is 55.4 Å². The van der Waals surface area contributed by atoms with Crippen LogP contribution in [0.4, 0.5) is 0 Å². The number of ether oxygens (including phenoxy) is 2. The Morgan fingerprint density at radius 1 is 1.21 bits per heavy atom. The molecular weight excluding hydrogens is 304 g/mol. The van der Waals surface area contributed by atoms with E-state index in [4.69, 9.17) is 15.2 Å². The molecule has 140 valence electrons. The molecule has 1 heterocycles. The number of amides is 1. The SMILES string of the molecule is CCC(OC1CCCC(C)C1)C(=O)N1CCC(OCCCN)CC1. The number of carbonyl (C=O) groups is 1.